The van der Waals surface area contributed by atoms with Crippen molar-refractivity contribution in [2.75, 3.05) is 12.3 Å². The second kappa shape index (κ2) is 3.75. The number of rotatable bonds is 2. The number of nitrogens with two attached hydrogens (primary N) is 1. The first-order valence-electron chi connectivity index (χ1n) is 5.66. The van der Waals surface area contributed by atoms with Gasteiger partial charge < -0.3 is 11.1 Å². The zero-order chi connectivity index (χ0) is 11.0. The summed E-state index contributed by atoms with van der Waals surface area (Å²) in [4.78, 5) is 4.46. The van der Waals surface area contributed by atoms with E-state index in [1.165, 1.54) is 12.8 Å². The minimum atomic E-state index is 0.527. The molecule has 0 bridgehead atoms. The van der Waals surface area contributed by atoms with Gasteiger partial charge in [0.2, 0.25) is 0 Å². The highest BCUT2D eigenvalue weighted by Crippen LogP contribution is 2.13. The molecule has 2 aromatic heterocycles. The van der Waals surface area contributed by atoms with Gasteiger partial charge in [0.1, 0.15) is 0 Å². The van der Waals surface area contributed by atoms with Crippen LogP contribution in [0.15, 0.2) is 18.3 Å². The van der Waals surface area contributed by atoms with E-state index in [-0.39, 0.29) is 0 Å². The zero-order valence-electron chi connectivity index (χ0n) is 9.06. The lowest BCUT2D eigenvalue weighted by molar-refractivity contribution is 0.585. The Balaban J connectivity index is 1.90. The van der Waals surface area contributed by atoms with Crippen molar-refractivity contribution in [2.24, 2.45) is 0 Å². The maximum absolute atomic E-state index is 5.84. The molecule has 0 radical (unpaired) electrons. The van der Waals surface area contributed by atoms with Crippen molar-refractivity contribution < 1.29 is 0 Å². The molecule has 1 atom stereocenters. The zero-order valence-corrected chi connectivity index (χ0v) is 9.06. The molecular formula is C11H15N5. The fourth-order valence-corrected chi connectivity index (χ4v) is 2.21. The molecule has 0 aromatic carbocycles. The van der Waals surface area contributed by atoms with E-state index in [0.29, 0.717) is 11.7 Å². The van der Waals surface area contributed by atoms with Crippen LogP contribution in [0.1, 0.15) is 18.7 Å². The molecule has 1 fully saturated rings. The van der Waals surface area contributed by atoms with Gasteiger partial charge in [-0.2, -0.15) is 5.10 Å². The van der Waals surface area contributed by atoms with Gasteiger partial charge in [0, 0.05) is 18.7 Å². The van der Waals surface area contributed by atoms with Crippen molar-refractivity contribution in [3.8, 4) is 0 Å². The summed E-state index contributed by atoms with van der Waals surface area (Å²) in [5.41, 5.74) is 7.28. The molecular weight excluding hydrogens is 202 g/mol. The third kappa shape index (κ3) is 1.63. The van der Waals surface area contributed by atoms with E-state index in [4.69, 9.17) is 5.73 Å². The summed E-state index contributed by atoms with van der Waals surface area (Å²) in [6, 6.07) is 4.26. The Morgan fingerprint density at radius 3 is 3.25 bits per heavy atom. The molecule has 2 aromatic rings. The van der Waals surface area contributed by atoms with Gasteiger partial charge >= 0.3 is 0 Å². The molecule has 1 saturated heterocycles. The van der Waals surface area contributed by atoms with Crippen LogP contribution in [0.2, 0.25) is 0 Å². The lowest BCUT2D eigenvalue weighted by Crippen LogP contribution is -2.24. The molecule has 16 heavy (non-hydrogen) atoms. The summed E-state index contributed by atoms with van der Waals surface area (Å²) >= 11 is 0. The number of hydrogen-bond donors (Lipinski definition) is 2. The molecule has 5 heteroatoms. The van der Waals surface area contributed by atoms with Crippen LogP contribution in [-0.4, -0.2) is 27.2 Å². The molecule has 3 heterocycles. The number of nitrogens with one attached hydrogen (secondary N) is 1. The fraction of sp³-hybridized carbons (Fsp3) is 0.455. The number of nitrogen functional groups attached to an aromatic ring is 1. The normalized spacial score (nSPS) is 20.6. The van der Waals surface area contributed by atoms with Gasteiger partial charge in [-0.25, -0.2) is 9.50 Å². The summed E-state index contributed by atoms with van der Waals surface area (Å²) in [6.07, 6.45) is 5.23. The van der Waals surface area contributed by atoms with Crippen LogP contribution in [0.25, 0.3) is 5.65 Å². The third-order valence-electron chi connectivity index (χ3n) is 3.03. The molecule has 1 unspecified atom stereocenters. The second-order valence-electron chi connectivity index (χ2n) is 4.26. The summed E-state index contributed by atoms with van der Waals surface area (Å²) in [6.45, 7) is 1.11. The van der Waals surface area contributed by atoms with Crippen LogP contribution in [0.3, 0.4) is 0 Å². The predicted molar refractivity (Wildman–Crippen MR) is 62.1 cm³/mol. The van der Waals surface area contributed by atoms with Gasteiger partial charge in [0.05, 0.1) is 5.69 Å². The molecule has 0 amide bonds. The Kier molecular flexibility index (Phi) is 2.25. The van der Waals surface area contributed by atoms with E-state index in [2.05, 4.69) is 15.4 Å². The molecule has 1 aliphatic heterocycles. The Morgan fingerprint density at radius 2 is 2.50 bits per heavy atom. The first-order chi connectivity index (χ1) is 7.83. The van der Waals surface area contributed by atoms with Crippen LogP contribution in [0.4, 0.5) is 5.69 Å². The number of aromatic nitrogens is 3. The van der Waals surface area contributed by atoms with Gasteiger partial charge in [-0.05, 0) is 31.5 Å². The van der Waals surface area contributed by atoms with Gasteiger partial charge in [-0.1, -0.05) is 0 Å². The van der Waals surface area contributed by atoms with Crippen molar-refractivity contribution >= 4 is 11.3 Å². The van der Waals surface area contributed by atoms with Gasteiger partial charge in [-0.15, -0.1) is 0 Å². The number of nitrogens with zero attached hydrogens (tertiary/aromatic N) is 3. The first-order valence-corrected chi connectivity index (χ1v) is 5.66. The Morgan fingerprint density at radius 1 is 1.56 bits per heavy atom. The van der Waals surface area contributed by atoms with E-state index in [1.54, 1.807) is 4.52 Å². The van der Waals surface area contributed by atoms with E-state index >= 15 is 0 Å². The van der Waals surface area contributed by atoms with Crippen molar-refractivity contribution in [3.63, 3.8) is 0 Å². The highest BCUT2D eigenvalue weighted by Gasteiger charge is 2.17. The fourth-order valence-electron chi connectivity index (χ4n) is 2.21. The molecule has 84 valence electrons. The molecule has 0 aliphatic carbocycles. The quantitative estimate of drug-likeness (QED) is 0.773. The Hall–Kier alpha value is -1.62. The lowest BCUT2D eigenvalue weighted by atomic mass is 10.1. The molecule has 0 saturated carbocycles. The van der Waals surface area contributed by atoms with Crippen LogP contribution in [0, 0.1) is 0 Å². The minimum absolute atomic E-state index is 0.527. The molecule has 3 rings (SSSR count). The van der Waals surface area contributed by atoms with E-state index in [0.717, 1.165) is 24.4 Å². The highest BCUT2D eigenvalue weighted by atomic mass is 15.3. The van der Waals surface area contributed by atoms with Gasteiger partial charge in [0.25, 0.3) is 0 Å². The summed E-state index contributed by atoms with van der Waals surface area (Å²) in [7, 11) is 0. The van der Waals surface area contributed by atoms with E-state index in [9.17, 15) is 0 Å². The smallest absolute Gasteiger partial charge is 0.178 e. The molecule has 5 nitrogen and oxygen atoms in total. The van der Waals surface area contributed by atoms with E-state index < -0.39 is 0 Å². The number of anilines is 1. The SMILES string of the molecule is Nc1cccn2nc(CC3CCCN3)nc12. The maximum Gasteiger partial charge on any atom is 0.178 e. The summed E-state index contributed by atoms with van der Waals surface area (Å²) in [5.74, 6) is 0.873. The Labute approximate surface area is 93.7 Å². The van der Waals surface area contributed by atoms with Crippen LogP contribution < -0.4 is 11.1 Å². The lowest BCUT2D eigenvalue weighted by Gasteiger charge is -2.05. The average Bonchev–Trinajstić information content (AvgIpc) is 2.88. The number of pyridine rings is 1. The predicted octanol–water partition coefficient (Wildman–Crippen LogP) is 0.606. The van der Waals surface area contributed by atoms with Gasteiger partial charge in [-0.3, -0.25) is 0 Å². The van der Waals surface area contributed by atoms with Crippen molar-refractivity contribution in [3.05, 3.63) is 24.2 Å². The van der Waals surface area contributed by atoms with Crippen LogP contribution >= 0.6 is 0 Å². The first kappa shape index (κ1) is 9.59. The monoisotopic (exact) mass is 217 g/mol. The number of hydrogen-bond acceptors (Lipinski definition) is 4. The average molecular weight is 217 g/mol. The minimum Gasteiger partial charge on any atom is -0.396 e. The van der Waals surface area contributed by atoms with Crippen LogP contribution in [0.5, 0.6) is 0 Å². The standard InChI is InChI=1S/C11H15N5/c12-9-4-2-6-16-11(9)14-10(15-16)7-8-3-1-5-13-8/h2,4,6,8,13H,1,3,5,7,12H2. The summed E-state index contributed by atoms with van der Waals surface area (Å²) in [5, 5.41) is 7.87. The van der Waals surface area contributed by atoms with Crippen LogP contribution in [-0.2, 0) is 6.42 Å². The molecule has 1 aliphatic rings. The highest BCUT2D eigenvalue weighted by molar-refractivity contribution is 5.63. The Bertz CT molecular complexity index is 498. The third-order valence-corrected chi connectivity index (χ3v) is 3.03. The summed E-state index contributed by atoms with van der Waals surface area (Å²) < 4.78 is 1.75. The maximum atomic E-state index is 5.84. The van der Waals surface area contributed by atoms with Crippen molar-refractivity contribution in [1.29, 1.82) is 0 Å². The van der Waals surface area contributed by atoms with Crippen molar-refractivity contribution in [2.45, 2.75) is 25.3 Å². The number of fused-ring (bicyclic) bond motifs is 1. The molecule has 3 N–H and O–H groups in total. The largest absolute Gasteiger partial charge is 0.396 e. The topological polar surface area (TPSA) is 68.2 Å². The second-order valence-corrected chi connectivity index (χ2v) is 4.26. The van der Waals surface area contributed by atoms with Gasteiger partial charge in [0.15, 0.2) is 11.5 Å². The van der Waals surface area contributed by atoms with E-state index in [1.807, 2.05) is 18.3 Å². The van der Waals surface area contributed by atoms with Crippen molar-refractivity contribution in [1.82, 2.24) is 19.9 Å². The molecule has 0 spiro atoms.